The predicted molar refractivity (Wildman–Crippen MR) is 76.9 cm³/mol. The topological polar surface area (TPSA) is 80.5 Å². The van der Waals surface area contributed by atoms with Gasteiger partial charge in [0.2, 0.25) is 0 Å². The van der Waals surface area contributed by atoms with E-state index in [1.165, 1.54) is 4.90 Å². The van der Waals surface area contributed by atoms with Gasteiger partial charge in [-0.05, 0) is 31.5 Å². The van der Waals surface area contributed by atoms with Crippen LogP contribution in [0.25, 0.3) is 0 Å². The SMILES string of the molecule is Cc1ccc(N)cc1C(=O)N(C)C(C)CS(C)(=O)=O. The first-order valence-electron chi connectivity index (χ1n) is 5.93. The Morgan fingerprint density at radius 2 is 2.00 bits per heavy atom. The number of sulfone groups is 1. The quantitative estimate of drug-likeness (QED) is 0.839. The van der Waals surface area contributed by atoms with Crippen molar-refractivity contribution in [2.24, 2.45) is 0 Å². The number of rotatable bonds is 4. The van der Waals surface area contributed by atoms with Crippen LogP contribution < -0.4 is 5.73 Å². The van der Waals surface area contributed by atoms with Crippen LogP contribution >= 0.6 is 0 Å². The average Bonchev–Trinajstić information content (AvgIpc) is 2.28. The summed E-state index contributed by atoms with van der Waals surface area (Å²) in [7, 11) is -1.52. The third-order valence-corrected chi connectivity index (χ3v) is 4.11. The van der Waals surface area contributed by atoms with E-state index in [1.54, 1.807) is 32.2 Å². The van der Waals surface area contributed by atoms with Crippen molar-refractivity contribution in [1.82, 2.24) is 4.90 Å². The number of nitrogens with zero attached hydrogens (tertiary/aromatic N) is 1. The largest absolute Gasteiger partial charge is 0.399 e. The number of hydrogen-bond acceptors (Lipinski definition) is 4. The summed E-state index contributed by atoms with van der Waals surface area (Å²) in [6.45, 7) is 3.53. The van der Waals surface area contributed by atoms with Crippen LogP contribution in [-0.2, 0) is 9.84 Å². The molecular formula is C13H20N2O3S. The van der Waals surface area contributed by atoms with E-state index in [0.29, 0.717) is 11.3 Å². The van der Waals surface area contributed by atoms with Crippen molar-refractivity contribution in [3.8, 4) is 0 Å². The van der Waals surface area contributed by atoms with E-state index < -0.39 is 9.84 Å². The number of carbonyl (C=O) groups excluding carboxylic acids is 1. The van der Waals surface area contributed by atoms with Gasteiger partial charge in [0, 0.05) is 30.6 Å². The first kappa shape index (κ1) is 15.5. The summed E-state index contributed by atoms with van der Waals surface area (Å²) in [6.07, 6.45) is 1.16. The molecule has 0 aliphatic heterocycles. The van der Waals surface area contributed by atoms with Gasteiger partial charge in [0.25, 0.3) is 5.91 Å². The summed E-state index contributed by atoms with van der Waals surface area (Å²) in [6, 6.07) is 4.73. The molecule has 5 nitrogen and oxygen atoms in total. The van der Waals surface area contributed by atoms with Gasteiger partial charge >= 0.3 is 0 Å². The van der Waals surface area contributed by atoms with E-state index in [1.807, 2.05) is 6.92 Å². The van der Waals surface area contributed by atoms with Gasteiger partial charge in [-0.2, -0.15) is 0 Å². The molecule has 0 aliphatic carbocycles. The first-order valence-corrected chi connectivity index (χ1v) is 7.99. The normalized spacial score (nSPS) is 13.1. The zero-order valence-electron chi connectivity index (χ0n) is 11.7. The number of anilines is 1. The van der Waals surface area contributed by atoms with Crippen LogP contribution in [0.2, 0.25) is 0 Å². The molecule has 0 heterocycles. The lowest BCUT2D eigenvalue weighted by Crippen LogP contribution is -2.39. The van der Waals surface area contributed by atoms with Crippen molar-refractivity contribution < 1.29 is 13.2 Å². The molecule has 1 atom stereocenters. The number of amides is 1. The smallest absolute Gasteiger partial charge is 0.254 e. The maximum absolute atomic E-state index is 12.3. The highest BCUT2D eigenvalue weighted by atomic mass is 32.2. The Bertz CT molecular complexity index is 582. The Morgan fingerprint density at radius 3 is 2.53 bits per heavy atom. The highest BCUT2D eigenvalue weighted by Crippen LogP contribution is 2.16. The van der Waals surface area contributed by atoms with Crippen LogP contribution in [0.5, 0.6) is 0 Å². The summed E-state index contributed by atoms with van der Waals surface area (Å²) < 4.78 is 22.5. The number of hydrogen-bond donors (Lipinski definition) is 1. The molecule has 1 rings (SSSR count). The van der Waals surface area contributed by atoms with Crippen molar-refractivity contribution in [3.05, 3.63) is 29.3 Å². The van der Waals surface area contributed by atoms with E-state index in [0.717, 1.165) is 11.8 Å². The van der Waals surface area contributed by atoms with Gasteiger partial charge in [0.15, 0.2) is 0 Å². The van der Waals surface area contributed by atoms with Gasteiger partial charge in [-0.3, -0.25) is 4.79 Å². The number of nitrogen functional groups attached to an aromatic ring is 1. The predicted octanol–water partition coefficient (Wildman–Crippen LogP) is 1.08. The Kier molecular flexibility index (Phi) is 4.57. The minimum Gasteiger partial charge on any atom is -0.399 e. The molecule has 106 valence electrons. The zero-order chi connectivity index (χ0) is 14.8. The third-order valence-electron chi connectivity index (χ3n) is 3.02. The van der Waals surface area contributed by atoms with E-state index in [-0.39, 0.29) is 17.7 Å². The Balaban J connectivity index is 2.96. The van der Waals surface area contributed by atoms with Crippen molar-refractivity contribution in [2.75, 3.05) is 24.8 Å². The zero-order valence-corrected chi connectivity index (χ0v) is 12.5. The van der Waals surface area contributed by atoms with E-state index in [9.17, 15) is 13.2 Å². The lowest BCUT2D eigenvalue weighted by molar-refractivity contribution is 0.0756. The maximum atomic E-state index is 12.3. The van der Waals surface area contributed by atoms with Crippen LogP contribution in [-0.4, -0.2) is 44.3 Å². The fourth-order valence-corrected chi connectivity index (χ4v) is 2.91. The summed E-state index contributed by atoms with van der Waals surface area (Å²) in [5, 5.41) is 0. The third kappa shape index (κ3) is 4.24. The van der Waals surface area contributed by atoms with Crippen LogP contribution in [0.15, 0.2) is 18.2 Å². The van der Waals surface area contributed by atoms with Gasteiger partial charge in [-0.1, -0.05) is 6.07 Å². The van der Waals surface area contributed by atoms with Gasteiger partial charge in [-0.15, -0.1) is 0 Å². The molecule has 0 saturated carbocycles. The van der Waals surface area contributed by atoms with Crippen molar-refractivity contribution >= 4 is 21.4 Å². The molecule has 2 N–H and O–H groups in total. The highest BCUT2D eigenvalue weighted by Gasteiger charge is 2.22. The van der Waals surface area contributed by atoms with Gasteiger partial charge in [0.1, 0.15) is 9.84 Å². The molecule has 6 heteroatoms. The Morgan fingerprint density at radius 1 is 1.42 bits per heavy atom. The Hall–Kier alpha value is -1.56. The van der Waals surface area contributed by atoms with Crippen LogP contribution in [0.4, 0.5) is 5.69 Å². The first-order chi connectivity index (χ1) is 8.61. The van der Waals surface area contributed by atoms with Crippen molar-refractivity contribution in [3.63, 3.8) is 0 Å². The number of carbonyl (C=O) groups is 1. The number of nitrogens with two attached hydrogens (primary N) is 1. The summed E-state index contributed by atoms with van der Waals surface area (Å²) in [5.41, 5.74) is 7.51. The maximum Gasteiger partial charge on any atom is 0.254 e. The molecule has 1 unspecified atom stereocenters. The molecule has 0 aromatic heterocycles. The standard InChI is InChI=1S/C13H20N2O3S/c1-9-5-6-11(14)7-12(9)13(16)15(3)10(2)8-19(4,17)18/h5-7,10H,8,14H2,1-4H3. The van der Waals surface area contributed by atoms with E-state index in [2.05, 4.69) is 0 Å². The van der Waals surface area contributed by atoms with Crippen LogP contribution in [0.3, 0.4) is 0 Å². The van der Waals surface area contributed by atoms with Crippen molar-refractivity contribution in [1.29, 1.82) is 0 Å². The fourth-order valence-electron chi connectivity index (χ4n) is 1.81. The van der Waals surface area contributed by atoms with Gasteiger partial charge < -0.3 is 10.6 Å². The molecule has 0 aliphatic rings. The molecular weight excluding hydrogens is 264 g/mol. The summed E-state index contributed by atoms with van der Waals surface area (Å²) >= 11 is 0. The molecule has 1 aromatic rings. The lowest BCUT2D eigenvalue weighted by Gasteiger charge is -2.25. The van der Waals surface area contributed by atoms with E-state index in [4.69, 9.17) is 5.73 Å². The summed E-state index contributed by atoms with van der Waals surface area (Å²) in [4.78, 5) is 13.8. The van der Waals surface area contributed by atoms with Gasteiger partial charge in [0.05, 0.1) is 5.75 Å². The molecule has 19 heavy (non-hydrogen) atoms. The second kappa shape index (κ2) is 5.61. The fraction of sp³-hybridized carbons (Fsp3) is 0.462. The number of benzene rings is 1. The van der Waals surface area contributed by atoms with Crippen LogP contribution in [0.1, 0.15) is 22.8 Å². The average molecular weight is 284 g/mol. The number of aryl methyl sites for hydroxylation is 1. The minimum absolute atomic E-state index is 0.0589. The van der Waals surface area contributed by atoms with Crippen molar-refractivity contribution in [2.45, 2.75) is 19.9 Å². The molecule has 1 aromatic carbocycles. The second-order valence-corrected chi connectivity index (χ2v) is 7.12. The highest BCUT2D eigenvalue weighted by molar-refractivity contribution is 7.90. The molecule has 0 bridgehead atoms. The van der Waals surface area contributed by atoms with E-state index >= 15 is 0 Å². The summed E-state index contributed by atoms with van der Waals surface area (Å²) in [5.74, 6) is -0.280. The minimum atomic E-state index is -3.12. The molecule has 1 amide bonds. The Labute approximate surface area is 114 Å². The molecule has 0 saturated heterocycles. The molecule has 0 radical (unpaired) electrons. The monoisotopic (exact) mass is 284 g/mol. The van der Waals surface area contributed by atoms with Gasteiger partial charge in [-0.25, -0.2) is 8.42 Å². The van der Waals surface area contributed by atoms with Crippen LogP contribution in [0, 0.1) is 6.92 Å². The lowest BCUT2D eigenvalue weighted by atomic mass is 10.1. The molecule has 0 fully saturated rings. The molecule has 0 spiro atoms. The second-order valence-electron chi connectivity index (χ2n) is 4.93.